The maximum Gasteiger partial charge on any atom is 0.297 e. The minimum Gasteiger partial charge on any atom is -0.492 e. The van der Waals surface area contributed by atoms with Crippen LogP contribution in [0.4, 0.5) is 11.6 Å². The summed E-state index contributed by atoms with van der Waals surface area (Å²) < 4.78 is 29.7. The van der Waals surface area contributed by atoms with Gasteiger partial charge in [-0.3, -0.25) is 24.2 Å². The van der Waals surface area contributed by atoms with Crippen molar-refractivity contribution in [1.82, 2.24) is 29.4 Å². The molecule has 442 valence electrons. The number of hydrogen-bond donors (Lipinski definition) is 4. The predicted octanol–water partition coefficient (Wildman–Crippen LogP) is 10.4. The van der Waals surface area contributed by atoms with Crippen LogP contribution in [0.2, 0.25) is 0 Å². The Morgan fingerprint density at radius 3 is 1.37 bits per heavy atom. The Hall–Kier alpha value is -8.01. The number of aryl methyl sites for hydroxylation is 2. The smallest absolute Gasteiger partial charge is 0.297 e. The quantitative estimate of drug-likeness (QED) is 0.0232. The van der Waals surface area contributed by atoms with Crippen LogP contribution >= 0.6 is 11.9 Å². The molecule has 2 aliphatic heterocycles. The lowest BCUT2D eigenvalue weighted by atomic mass is 9.92. The number of nitrogens with two attached hydrogens (primary N) is 1. The van der Waals surface area contributed by atoms with E-state index in [1.807, 2.05) is 129 Å². The minimum atomic E-state index is -0.722. The zero-order valence-corrected chi connectivity index (χ0v) is 49.7. The van der Waals surface area contributed by atoms with Crippen LogP contribution in [-0.4, -0.2) is 137 Å². The van der Waals surface area contributed by atoms with E-state index in [9.17, 15) is 19.6 Å². The average Bonchev–Trinajstić information content (AvgIpc) is 3.51. The van der Waals surface area contributed by atoms with E-state index >= 15 is 0 Å². The number of hydrogen-bond acceptors (Lipinski definition) is 15. The van der Waals surface area contributed by atoms with Gasteiger partial charge in [-0.2, -0.15) is 20.5 Å². The first-order valence-corrected chi connectivity index (χ1v) is 28.3. The van der Waals surface area contributed by atoms with E-state index in [4.69, 9.17) is 29.1 Å². The number of ketones is 1. The second-order valence-electron chi connectivity index (χ2n) is 22.5. The van der Waals surface area contributed by atoms with Crippen LogP contribution in [0.3, 0.4) is 0 Å². The van der Waals surface area contributed by atoms with Gasteiger partial charge in [0.1, 0.15) is 36.3 Å². The third-order valence-corrected chi connectivity index (χ3v) is 14.3. The summed E-state index contributed by atoms with van der Waals surface area (Å²) in [7, 11) is 0. The van der Waals surface area contributed by atoms with E-state index in [-0.39, 0.29) is 16.5 Å². The molecule has 0 radical (unpaired) electrons. The van der Waals surface area contributed by atoms with Gasteiger partial charge in [-0.15, -0.1) is 0 Å². The Morgan fingerprint density at radius 2 is 0.964 bits per heavy atom. The number of benzene rings is 6. The van der Waals surface area contributed by atoms with Crippen molar-refractivity contribution in [2.75, 3.05) is 89.5 Å². The fraction of sp³-hybridized carbons (Fsp3) is 0.344. The van der Waals surface area contributed by atoms with Gasteiger partial charge in [0.2, 0.25) is 0 Å². The van der Waals surface area contributed by atoms with Gasteiger partial charge in [-0.1, -0.05) is 131 Å². The standard InChI is InChI=1S/C32H37N5O4.C32H36N4O4.ClH2NO/c1-22-9-11-23(12-10-22)37-29(21-28(34-37)32(2,3)4)33-31(38)30(35-39)26-13-14-27(25-8-6-5-7-24(25)26)41-20-17-36-15-18-40-19-16-36;1-22-9-11-23(12-10-22)36-29(21-28(34-36)32(2,3)4)33-31(38)30(37)26-13-14-27(25-8-6-5-7-24(25)26)40-20-17-35-15-18-39-19-16-35;1-3-2/h5-14,21,39H,15-20H2,1-4H3,(H,33,38);5-14,21H,15-20H2,1-4H3,(H,33,38);2H2. The Labute approximate surface area is 495 Å². The number of amides is 2. The molecule has 19 nitrogen and oxygen atoms in total. The molecule has 5 N–H and O–H groups in total. The van der Waals surface area contributed by atoms with Crippen molar-refractivity contribution in [1.29, 1.82) is 0 Å². The molecule has 0 saturated carbocycles. The van der Waals surface area contributed by atoms with E-state index in [0.29, 0.717) is 52.9 Å². The number of halogens is 1. The first-order valence-electron chi connectivity index (χ1n) is 28.0. The molecule has 2 aliphatic rings. The molecule has 0 bridgehead atoms. The maximum atomic E-state index is 13.6. The summed E-state index contributed by atoms with van der Waals surface area (Å²) in [5.41, 5.74) is 5.72. The molecular formula is C64H75ClN10O9. The molecule has 0 unspecified atom stereocenters. The molecule has 20 heteroatoms. The molecule has 0 aliphatic carbocycles. The Balaban J connectivity index is 0.000000209. The van der Waals surface area contributed by atoms with Crippen molar-refractivity contribution in [2.45, 2.75) is 66.2 Å². The van der Waals surface area contributed by atoms with Gasteiger partial charge in [0.15, 0.2) is 5.71 Å². The number of Topliss-reactive ketones (excluding diaryl/α,β-unsaturated/α-hetero) is 1. The second kappa shape index (κ2) is 28.5. The summed E-state index contributed by atoms with van der Waals surface area (Å²) in [4.78, 5) is 45.1. The normalized spacial score (nSPS) is 14.2. The molecule has 0 atom stereocenters. The van der Waals surface area contributed by atoms with Gasteiger partial charge in [-0.25, -0.2) is 9.36 Å². The first kappa shape index (κ1) is 62.0. The van der Waals surface area contributed by atoms with Gasteiger partial charge in [0.25, 0.3) is 17.6 Å². The van der Waals surface area contributed by atoms with Crippen molar-refractivity contribution in [2.24, 2.45) is 11.1 Å². The number of fused-ring (bicyclic) bond motifs is 2. The van der Waals surface area contributed by atoms with Crippen molar-refractivity contribution in [3.63, 3.8) is 0 Å². The molecule has 2 fully saturated rings. The number of oxime groups is 1. The summed E-state index contributed by atoms with van der Waals surface area (Å²) in [5.74, 6) is 4.55. The van der Waals surface area contributed by atoms with Crippen molar-refractivity contribution >= 4 is 68.4 Å². The molecule has 2 aromatic heterocycles. The molecule has 4 heterocycles. The van der Waals surface area contributed by atoms with Crippen molar-refractivity contribution < 1.29 is 42.9 Å². The molecule has 6 aromatic carbocycles. The van der Waals surface area contributed by atoms with Gasteiger partial charge in [0, 0.05) is 84.1 Å². The molecule has 84 heavy (non-hydrogen) atoms. The van der Waals surface area contributed by atoms with Crippen LogP contribution < -0.4 is 26.0 Å². The third-order valence-electron chi connectivity index (χ3n) is 14.3. The number of rotatable bonds is 16. The fourth-order valence-corrected chi connectivity index (χ4v) is 9.55. The lowest BCUT2D eigenvalue weighted by molar-refractivity contribution is -0.112. The largest absolute Gasteiger partial charge is 0.492 e. The van der Waals surface area contributed by atoms with Crippen LogP contribution in [0.1, 0.15) is 80.0 Å². The Kier molecular flexibility index (Phi) is 21.1. The van der Waals surface area contributed by atoms with Crippen molar-refractivity contribution in [3.05, 3.63) is 167 Å². The van der Waals surface area contributed by atoms with Gasteiger partial charge in [0.05, 0.1) is 61.1 Å². The van der Waals surface area contributed by atoms with Crippen LogP contribution in [-0.2, 0) is 34.3 Å². The second-order valence-corrected chi connectivity index (χ2v) is 22.7. The number of aromatic nitrogens is 4. The average molecular weight is 1160 g/mol. The van der Waals surface area contributed by atoms with Crippen LogP contribution in [0, 0.1) is 13.8 Å². The fourth-order valence-electron chi connectivity index (χ4n) is 9.55. The number of nitrogens with one attached hydrogen (secondary N) is 2. The van der Waals surface area contributed by atoms with Crippen LogP contribution in [0.5, 0.6) is 11.5 Å². The van der Waals surface area contributed by atoms with Crippen LogP contribution in [0.25, 0.3) is 32.9 Å². The van der Waals surface area contributed by atoms with Crippen LogP contribution in [0.15, 0.2) is 139 Å². The van der Waals surface area contributed by atoms with E-state index in [1.54, 1.807) is 27.6 Å². The predicted molar refractivity (Wildman–Crippen MR) is 328 cm³/mol. The van der Waals surface area contributed by atoms with E-state index in [0.717, 1.165) is 116 Å². The highest BCUT2D eigenvalue weighted by molar-refractivity contribution is 6.50. The number of morpholine rings is 2. The number of ether oxygens (including phenoxy) is 4. The first-order chi connectivity index (χ1) is 40.4. The number of carbonyl (C=O) groups excluding carboxylic acids is 3. The minimum absolute atomic E-state index is 0.102. The third kappa shape index (κ3) is 15.8. The lowest BCUT2D eigenvalue weighted by Gasteiger charge is -2.26. The lowest BCUT2D eigenvalue weighted by Crippen LogP contribution is -2.38. The molecule has 2 saturated heterocycles. The SMILES string of the molecule is Cc1ccc(-n2nc(C(C)(C)C)cc2NC(=O)C(=NO)c2ccc(OCCN3CCOCC3)c3ccccc23)cc1.Cc1ccc(-n2nc(C(C)(C)C)cc2NC(=O)C(=O)c2ccc(OCCN3CCOCC3)c3ccccc23)cc1.NOCl. The van der Waals surface area contributed by atoms with E-state index in [1.165, 1.54) is 0 Å². The molecule has 10 rings (SSSR count). The van der Waals surface area contributed by atoms with Crippen molar-refractivity contribution in [3.8, 4) is 22.9 Å². The number of nitrogens with zero attached hydrogens (tertiary/aromatic N) is 7. The number of carbonyl (C=O) groups is 3. The molecule has 8 aromatic rings. The highest BCUT2D eigenvalue weighted by atomic mass is 35.5. The summed E-state index contributed by atoms with van der Waals surface area (Å²) in [6.45, 7) is 25.6. The van der Waals surface area contributed by atoms with E-state index in [2.05, 4.69) is 89.3 Å². The Bertz CT molecular complexity index is 3560. The molecular weight excluding hydrogens is 1090 g/mol. The summed E-state index contributed by atoms with van der Waals surface area (Å²) in [6.07, 6.45) is 0. The monoisotopic (exact) mass is 1160 g/mol. The topological polar surface area (TPSA) is 222 Å². The van der Waals surface area contributed by atoms with Gasteiger partial charge in [-0.05, 0) is 73.2 Å². The summed E-state index contributed by atoms with van der Waals surface area (Å²) in [5, 5.41) is 31.9. The maximum absolute atomic E-state index is 13.6. The summed E-state index contributed by atoms with van der Waals surface area (Å²) >= 11 is 4.28. The van der Waals surface area contributed by atoms with Gasteiger partial charge >= 0.3 is 0 Å². The zero-order chi connectivity index (χ0) is 60.0. The highest BCUT2D eigenvalue weighted by Gasteiger charge is 2.28. The zero-order valence-electron chi connectivity index (χ0n) is 49.0. The highest BCUT2D eigenvalue weighted by Crippen LogP contribution is 2.33. The van der Waals surface area contributed by atoms with Gasteiger partial charge < -0.3 is 34.8 Å². The molecule has 2 amide bonds. The summed E-state index contributed by atoms with van der Waals surface area (Å²) in [6, 6.07) is 41.6. The number of anilines is 2. The van der Waals surface area contributed by atoms with E-state index < -0.39 is 17.6 Å². The Morgan fingerprint density at radius 1 is 0.583 bits per heavy atom. The molecule has 0 spiro atoms.